The van der Waals surface area contributed by atoms with Gasteiger partial charge in [-0.25, -0.2) is 5.01 Å². The summed E-state index contributed by atoms with van der Waals surface area (Å²) in [6.45, 7) is 1.94. The van der Waals surface area contributed by atoms with E-state index in [-0.39, 0.29) is 30.5 Å². The van der Waals surface area contributed by atoms with Gasteiger partial charge in [0.25, 0.3) is 11.6 Å². The van der Waals surface area contributed by atoms with Crippen LogP contribution in [0, 0.1) is 10.1 Å². The van der Waals surface area contributed by atoms with Crippen LogP contribution in [0.3, 0.4) is 0 Å². The quantitative estimate of drug-likeness (QED) is 0.606. The fraction of sp³-hybridized carbons (Fsp3) is 0.467. The highest BCUT2D eigenvalue weighted by Gasteiger charge is 2.13. The highest BCUT2D eigenvalue weighted by Crippen LogP contribution is 2.11. The molecule has 2 rings (SSSR count). The molecule has 0 atom stereocenters. The Kier molecular flexibility index (Phi) is 6.04. The number of nitrogens with zero attached hydrogens (tertiary/aromatic N) is 2. The molecule has 23 heavy (non-hydrogen) atoms. The van der Waals surface area contributed by atoms with Crippen LogP contribution in [0.5, 0.6) is 0 Å². The van der Waals surface area contributed by atoms with Crippen LogP contribution in [-0.4, -0.2) is 41.4 Å². The number of carbonyl (C=O) groups is 2. The van der Waals surface area contributed by atoms with E-state index >= 15 is 0 Å². The normalized spacial score (nSPS) is 15.0. The lowest BCUT2D eigenvalue weighted by atomic mass is 10.2. The Labute approximate surface area is 134 Å². The molecule has 1 aliphatic heterocycles. The van der Waals surface area contributed by atoms with E-state index in [0.29, 0.717) is 5.56 Å². The number of nitrogens with one attached hydrogen (secondary N) is 2. The molecule has 0 saturated carbocycles. The Morgan fingerprint density at radius 3 is 2.39 bits per heavy atom. The number of nitro groups is 1. The van der Waals surface area contributed by atoms with Gasteiger partial charge in [-0.15, -0.1) is 0 Å². The maximum atomic E-state index is 11.9. The van der Waals surface area contributed by atoms with Crippen molar-refractivity contribution in [1.29, 1.82) is 0 Å². The minimum Gasteiger partial charge on any atom is -0.352 e. The summed E-state index contributed by atoms with van der Waals surface area (Å²) in [5.74, 6) is -0.485. The van der Waals surface area contributed by atoms with Gasteiger partial charge in [-0.2, -0.15) is 0 Å². The van der Waals surface area contributed by atoms with E-state index < -0.39 is 4.92 Å². The van der Waals surface area contributed by atoms with Crippen LogP contribution < -0.4 is 10.7 Å². The van der Waals surface area contributed by atoms with Crippen molar-refractivity contribution in [3.05, 3.63) is 39.9 Å². The van der Waals surface area contributed by atoms with Gasteiger partial charge in [0.15, 0.2) is 0 Å². The third-order valence-corrected chi connectivity index (χ3v) is 3.62. The first-order valence-corrected chi connectivity index (χ1v) is 7.63. The van der Waals surface area contributed by atoms with E-state index in [1.54, 1.807) is 0 Å². The zero-order valence-corrected chi connectivity index (χ0v) is 12.8. The van der Waals surface area contributed by atoms with Crippen molar-refractivity contribution in [2.45, 2.75) is 25.7 Å². The molecule has 8 heteroatoms. The number of hydrazine groups is 1. The van der Waals surface area contributed by atoms with E-state index in [2.05, 4.69) is 10.7 Å². The molecule has 1 aliphatic rings. The number of nitro benzene ring substituents is 1. The molecular weight excluding hydrogens is 300 g/mol. The van der Waals surface area contributed by atoms with Gasteiger partial charge in [-0.3, -0.25) is 25.1 Å². The molecule has 0 bridgehead atoms. The number of carbonyl (C=O) groups excluding carboxylic acids is 2. The van der Waals surface area contributed by atoms with E-state index in [0.717, 1.165) is 25.9 Å². The van der Waals surface area contributed by atoms with Gasteiger partial charge in [0.2, 0.25) is 5.91 Å². The second-order valence-electron chi connectivity index (χ2n) is 5.39. The summed E-state index contributed by atoms with van der Waals surface area (Å²) < 4.78 is 0. The lowest BCUT2D eigenvalue weighted by Crippen LogP contribution is -2.45. The van der Waals surface area contributed by atoms with E-state index in [4.69, 9.17) is 0 Å². The molecule has 124 valence electrons. The Bertz CT molecular complexity index is 567. The summed E-state index contributed by atoms with van der Waals surface area (Å²) in [5.41, 5.74) is 3.08. The van der Waals surface area contributed by atoms with Crippen LogP contribution >= 0.6 is 0 Å². The van der Waals surface area contributed by atoms with Gasteiger partial charge in [0, 0.05) is 43.8 Å². The van der Waals surface area contributed by atoms with Crippen molar-refractivity contribution in [2.75, 3.05) is 19.6 Å². The second-order valence-corrected chi connectivity index (χ2v) is 5.39. The van der Waals surface area contributed by atoms with Crippen molar-refractivity contribution < 1.29 is 14.5 Å². The first kappa shape index (κ1) is 16.9. The molecule has 1 saturated heterocycles. The van der Waals surface area contributed by atoms with Crippen LogP contribution in [0.2, 0.25) is 0 Å². The van der Waals surface area contributed by atoms with Crippen LogP contribution in [0.25, 0.3) is 0 Å². The average Bonchev–Trinajstić information content (AvgIpc) is 2.55. The van der Waals surface area contributed by atoms with Crippen molar-refractivity contribution in [3.8, 4) is 0 Å². The molecule has 0 aliphatic carbocycles. The SMILES string of the molecule is O=C(CCNC(=O)c1ccc([N+](=O)[O-])cc1)NN1CCCCC1. The minimum atomic E-state index is -0.521. The van der Waals surface area contributed by atoms with Crippen molar-refractivity contribution in [1.82, 2.24) is 15.8 Å². The predicted molar refractivity (Wildman–Crippen MR) is 83.6 cm³/mol. The largest absolute Gasteiger partial charge is 0.352 e. The summed E-state index contributed by atoms with van der Waals surface area (Å²) >= 11 is 0. The number of benzene rings is 1. The first-order valence-electron chi connectivity index (χ1n) is 7.63. The monoisotopic (exact) mass is 320 g/mol. The molecule has 8 nitrogen and oxygen atoms in total. The van der Waals surface area contributed by atoms with Crippen molar-refractivity contribution in [2.24, 2.45) is 0 Å². The number of non-ortho nitro benzene ring substituents is 1. The minimum absolute atomic E-state index is 0.0672. The lowest BCUT2D eigenvalue weighted by molar-refractivity contribution is -0.384. The second kappa shape index (κ2) is 8.23. The Morgan fingerprint density at radius 2 is 1.78 bits per heavy atom. The highest BCUT2D eigenvalue weighted by atomic mass is 16.6. The highest BCUT2D eigenvalue weighted by molar-refractivity contribution is 5.94. The van der Waals surface area contributed by atoms with Crippen molar-refractivity contribution in [3.63, 3.8) is 0 Å². The molecule has 2 amide bonds. The Balaban J connectivity index is 1.71. The molecule has 1 aromatic carbocycles. The number of hydrogen-bond donors (Lipinski definition) is 2. The molecule has 1 fully saturated rings. The van der Waals surface area contributed by atoms with E-state index in [1.165, 1.54) is 30.7 Å². The lowest BCUT2D eigenvalue weighted by Gasteiger charge is -2.26. The number of piperidine rings is 1. The summed E-state index contributed by atoms with van der Waals surface area (Å²) in [5, 5.41) is 15.1. The van der Waals surface area contributed by atoms with Gasteiger partial charge in [-0.1, -0.05) is 6.42 Å². The topological polar surface area (TPSA) is 105 Å². The summed E-state index contributed by atoms with van der Waals surface area (Å²) in [7, 11) is 0. The van der Waals surface area contributed by atoms with Crippen LogP contribution in [-0.2, 0) is 4.79 Å². The van der Waals surface area contributed by atoms with Gasteiger partial charge in [0.05, 0.1) is 4.92 Å². The molecule has 0 radical (unpaired) electrons. The maximum Gasteiger partial charge on any atom is 0.269 e. The molecular formula is C15H20N4O4. The number of rotatable bonds is 6. The standard InChI is InChI=1S/C15H20N4O4/c20-14(17-18-10-2-1-3-11-18)8-9-16-15(21)12-4-6-13(7-5-12)19(22)23/h4-7H,1-3,8-11H2,(H,16,21)(H,17,20). The van der Waals surface area contributed by atoms with Crippen LogP contribution in [0.15, 0.2) is 24.3 Å². The first-order chi connectivity index (χ1) is 11.1. The summed E-state index contributed by atoms with van der Waals surface area (Å²) in [6, 6.07) is 5.33. The summed E-state index contributed by atoms with van der Waals surface area (Å²) in [4.78, 5) is 33.7. The zero-order chi connectivity index (χ0) is 16.7. The fourth-order valence-corrected chi connectivity index (χ4v) is 2.36. The summed E-state index contributed by atoms with van der Waals surface area (Å²) in [6.07, 6.45) is 3.54. The average molecular weight is 320 g/mol. The number of hydrogen-bond acceptors (Lipinski definition) is 5. The van der Waals surface area contributed by atoms with Crippen molar-refractivity contribution >= 4 is 17.5 Å². The van der Waals surface area contributed by atoms with Crippen LogP contribution in [0.1, 0.15) is 36.0 Å². The fourth-order valence-electron chi connectivity index (χ4n) is 2.36. The van der Waals surface area contributed by atoms with Gasteiger partial charge in [0.1, 0.15) is 0 Å². The molecule has 1 aromatic rings. The van der Waals surface area contributed by atoms with Crippen LogP contribution in [0.4, 0.5) is 5.69 Å². The molecule has 2 N–H and O–H groups in total. The predicted octanol–water partition coefficient (Wildman–Crippen LogP) is 1.23. The van der Waals surface area contributed by atoms with Gasteiger partial charge >= 0.3 is 0 Å². The zero-order valence-electron chi connectivity index (χ0n) is 12.8. The Hall–Kier alpha value is -2.48. The van der Waals surface area contributed by atoms with E-state index in [9.17, 15) is 19.7 Å². The Morgan fingerprint density at radius 1 is 1.13 bits per heavy atom. The third kappa shape index (κ3) is 5.33. The van der Waals surface area contributed by atoms with Gasteiger partial charge < -0.3 is 5.32 Å². The molecule has 0 unspecified atom stereocenters. The van der Waals surface area contributed by atoms with Gasteiger partial charge in [-0.05, 0) is 25.0 Å². The maximum absolute atomic E-state index is 11.9. The van der Waals surface area contributed by atoms with E-state index in [1.807, 2.05) is 5.01 Å². The number of amides is 2. The third-order valence-electron chi connectivity index (χ3n) is 3.62. The molecule has 0 spiro atoms. The molecule has 0 aromatic heterocycles. The molecule has 1 heterocycles. The smallest absolute Gasteiger partial charge is 0.269 e.